The average molecular weight is 245 g/mol. The fourth-order valence-corrected chi connectivity index (χ4v) is 2.46. The van der Waals surface area contributed by atoms with E-state index in [0.29, 0.717) is 6.42 Å². The number of carboxylic acids is 1. The van der Waals surface area contributed by atoms with Crippen LogP contribution < -0.4 is 0 Å². The molecule has 3 heteroatoms. The highest BCUT2D eigenvalue weighted by molar-refractivity contribution is 5.88. The number of carbonyl (C=O) groups is 1. The first-order chi connectivity index (χ1) is 8.33. The SMILES string of the molecule is Cc1cn(C)c2cccc(CC(C)(C)C(=O)O)c12. The number of aryl methyl sites for hydroxylation is 2. The van der Waals surface area contributed by atoms with Crippen LogP contribution in [-0.4, -0.2) is 15.6 Å². The van der Waals surface area contributed by atoms with E-state index in [1.807, 2.05) is 19.2 Å². The molecule has 0 radical (unpaired) electrons. The molecule has 0 fully saturated rings. The highest BCUT2D eigenvalue weighted by atomic mass is 16.4. The van der Waals surface area contributed by atoms with Crippen molar-refractivity contribution in [1.29, 1.82) is 0 Å². The molecule has 18 heavy (non-hydrogen) atoms. The van der Waals surface area contributed by atoms with Gasteiger partial charge in [-0.2, -0.15) is 0 Å². The molecule has 0 aliphatic carbocycles. The van der Waals surface area contributed by atoms with E-state index >= 15 is 0 Å². The van der Waals surface area contributed by atoms with E-state index in [2.05, 4.69) is 23.8 Å². The summed E-state index contributed by atoms with van der Waals surface area (Å²) in [4.78, 5) is 11.2. The number of rotatable bonds is 3. The molecule has 96 valence electrons. The highest BCUT2D eigenvalue weighted by Crippen LogP contribution is 2.30. The first-order valence-electron chi connectivity index (χ1n) is 6.10. The molecule has 2 rings (SSSR count). The lowest BCUT2D eigenvalue weighted by Gasteiger charge is -2.19. The number of hydrogen-bond donors (Lipinski definition) is 1. The van der Waals surface area contributed by atoms with Crippen molar-refractivity contribution >= 4 is 16.9 Å². The molecule has 0 amide bonds. The molecular formula is C15H19NO2. The number of hydrogen-bond acceptors (Lipinski definition) is 1. The Hall–Kier alpha value is -1.77. The van der Waals surface area contributed by atoms with Gasteiger partial charge < -0.3 is 9.67 Å². The second kappa shape index (κ2) is 4.16. The van der Waals surface area contributed by atoms with Crippen LogP contribution in [-0.2, 0) is 18.3 Å². The third-order valence-corrected chi connectivity index (χ3v) is 3.50. The van der Waals surface area contributed by atoms with E-state index in [9.17, 15) is 9.90 Å². The minimum Gasteiger partial charge on any atom is -0.481 e. The molecule has 0 unspecified atom stereocenters. The van der Waals surface area contributed by atoms with E-state index in [-0.39, 0.29) is 0 Å². The van der Waals surface area contributed by atoms with Crippen molar-refractivity contribution in [2.45, 2.75) is 27.2 Å². The third kappa shape index (κ3) is 2.01. The van der Waals surface area contributed by atoms with Gasteiger partial charge in [-0.05, 0) is 44.4 Å². The Balaban J connectivity index is 2.56. The van der Waals surface area contributed by atoms with Crippen molar-refractivity contribution < 1.29 is 9.90 Å². The minimum absolute atomic E-state index is 0.546. The molecule has 0 atom stereocenters. The second-order valence-corrected chi connectivity index (χ2v) is 5.60. The summed E-state index contributed by atoms with van der Waals surface area (Å²) in [5, 5.41) is 10.4. The molecule has 0 aliphatic rings. The Labute approximate surface area is 107 Å². The quantitative estimate of drug-likeness (QED) is 0.902. The molecule has 0 aliphatic heterocycles. The summed E-state index contributed by atoms with van der Waals surface area (Å²) in [5.41, 5.74) is 2.73. The third-order valence-electron chi connectivity index (χ3n) is 3.50. The Morgan fingerprint density at radius 1 is 1.39 bits per heavy atom. The van der Waals surface area contributed by atoms with Crippen LogP contribution in [0, 0.1) is 12.3 Å². The lowest BCUT2D eigenvalue weighted by atomic mass is 9.84. The van der Waals surface area contributed by atoms with Crippen molar-refractivity contribution in [2.24, 2.45) is 12.5 Å². The molecule has 3 nitrogen and oxygen atoms in total. The summed E-state index contributed by atoms with van der Waals surface area (Å²) < 4.78 is 2.09. The Bertz CT molecular complexity index is 608. The summed E-state index contributed by atoms with van der Waals surface area (Å²) in [7, 11) is 2.02. The van der Waals surface area contributed by atoms with Crippen LogP contribution in [0.25, 0.3) is 10.9 Å². The lowest BCUT2D eigenvalue weighted by molar-refractivity contribution is -0.146. The van der Waals surface area contributed by atoms with Gasteiger partial charge in [0.2, 0.25) is 0 Å². The van der Waals surface area contributed by atoms with Crippen LogP contribution in [0.5, 0.6) is 0 Å². The smallest absolute Gasteiger partial charge is 0.309 e. The van der Waals surface area contributed by atoms with E-state index in [0.717, 1.165) is 11.1 Å². The summed E-state index contributed by atoms with van der Waals surface area (Å²) in [5.74, 6) is -0.756. The lowest BCUT2D eigenvalue weighted by Crippen LogP contribution is -2.26. The number of benzene rings is 1. The fourth-order valence-electron chi connectivity index (χ4n) is 2.46. The van der Waals surface area contributed by atoms with Crippen LogP contribution in [0.15, 0.2) is 24.4 Å². The highest BCUT2D eigenvalue weighted by Gasteiger charge is 2.28. The van der Waals surface area contributed by atoms with Gasteiger partial charge in [-0.25, -0.2) is 0 Å². The normalized spacial score (nSPS) is 12.0. The van der Waals surface area contributed by atoms with E-state index in [1.54, 1.807) is 13.8 Å². The van der Waals surface area contributed by atoms with Gasteiger partial charge in [0.25, 0.3) is 0 Å². The standard InChI is InChI=1S/C15H19NO2/c1-10-9-16(4)12-7-5-6-11(13(10)12)8-15(2,3)14(17)18/h5-7,9H,8H2,1-4H3,(H,17,18). The van der Waals surface area contributed by atoms with Crippen LogP contribution in [0.3, 0.4) is 0 Å². The molecule has 1 N–H and O–H groups in total. The second-order valence-electron chi connectivity index (χ2n) is 5.60. The molecule has 1 aromatic heterocycles. The maximum absolute atomic E-state index is 11.2. The van der Waals surface area contributed by atoms with Crippen LogP contribution >= 0.6 is 0 Å². The van der Waals surface area contributed by atoms with E-state index in [4.69, 9.17) is 0 Å². The average Bonchev–Trinajstić information content (AvgIpc) is 2.55. The zero-order chi connectivity index (χ0) is 13.5. The summed E-state index contributed by atoms with van der Waals surface area (Å²) >= 11 is 0. The van der Waals surface area contributed by atoms with Gasteiger partial charge in [-0.15, -0.1) is 0 Å². The van der Waals surface area contributed by atoms with Crippen LogP contribution in [0.4, 0.5) is 0 Å². The summed E-state index contributed by atoms with van der Waals surface area (Å²) in [6.07, 6.45) is 2.63. The molecule has 2 aromatic rings. The topological polar surface area (TPSA) is 42.2 Å². The van der Waals surface area contributed by atoms with Crippen molar-refractivity contribution in [3.63, 3.8) is 0 Å². The van der Waals surface area contributed by atoms with E-state index < -0.39 is 11.4 Å². The number of aromatic nitrogens is 1. The summed E-state index contributed by atoms with van der Waals surface area (Å²) in [6, 6.07) is 6.09. The van der Waals surface area contributed by atoms with Crippen molar-refractivity contribution in [1.82, 2.24) is 4.57 Å². The van der Waals surface area contributed by atoms with Crippen molar-refractivity contribution in [3.8, 4) is 0 Å². The molecule has 0 saturated heterocycles. The minimum atomic E-state index is -0.756. The van der Waals surface area contributed by atoms with Crippen LogP contribution in [0.1, 0.15) is 25.0 Å². The zero-order valence-electron chi connectivity index (χ0n) is 11.3. The molecular weight excluding hydrogens is 226 g/mol. The predicted molar refractivity (Wildman–Crippen MR) is 72.8 cm³/mol. The predicted octanol–water partition coefficient (Wildman–Crippen LogP) is 3.14. The van der Waals surface area contributed by atoms with Crippen LogP contribution in [0.2, 0.25) is 0 Å². The van der Waals surface area contributed by atoms with Crippen molar-refractivity contribution in [3.05, 3.63) is 35.5 Å². The van der Waals surface area contributed by atoms with Gasteiger partial charge in [0, 0.05) is 24.1 Å². The summed E-state index contributed by atoms with van der Waals surface area (Å²) in [6.45, 7) is 5.61. The Morgan fingerprint density at radius 3 is 2.67 bits per heavy atom. The monoisotopic (exact) mass is 245 g/mol. The largest absolute Gasteiger partial charge is 0.481 e. The zero-order valence-corrected chi connectivity index (χ0v) is 11.3. The Morgan fingerprint density at radius 2 is 2.06 bits per heavy atom. The molecule has 0 bridgehead atoms. The number of fused-ring (bicyclic) bond motifs is 1. The molecule has 0 spiro atoms. The van der Waals surface area contributed by atoms with Gasteiger partial charge in [0.15, 0.2) is 0 Å². The number of nitrogens with zero attached hydrogens (tertiary/aromatic N) is 1. The van der Waals surface area contributed by atoms with Crippen molar-refractivity contribution in [2.75, 3.05) is 0 Å². The van der Waals surface area contributed by atoms with Gasteiger partial charge in [0.05, 0.1) is 5.41 Å². The maximum atomic E-state index is 11.2. The van der Waals surface area contributed by atoms with Gasteiger partial charge >= 0.3 is 5.97 Å². The number of aliphatic carboxylic acids is 1. The van der Waals surface area contributed by atoms with Gasteiger partial charge in [0.1, 0.15) is 0 Å². The molecule has 1 aromatic carbocycles. The molecule has 1 heterocycles. The van der Waals surface area contributed by atoms with E-state index in [1.165, 1.54) is 10.9 Å². The maximum Gasteiger partial charge on any atom is 0.309 e. The van der Waals surface area contributed by atoms with Gasteiger partial charge in [-0.3, -0.25) is 4.79 Å². The Kier molecular flexibility index (Phi) is 2.93. The number of carboxylic acid groups (broad SMARTS) is 1. The van der Waals surface area contributed by atoms with Gasteiger partial charge in [-0.1, -0.05) is 12.1 Å². The first kappa shape index (κ1) is 12.7. The molecule has 0 saturated carbocycles. The first-order valence-corrected chi connectivity index (χ1v) is 6.10. The fraction of sp³-hybridized carbons (Fsp3) is 0.400.